The highest BCUT2D eigenvalue weighted by atomic mass is 32.2. The van der Waals surface area contributed by atoms with E-state index in [4.69, 9.17) is 0 Å². The highest BCUT2D eigenvalue weighted by molar-refractivity contribution is 8.03. The Bertz CT molecular complexity index is 169. The van der Waals surface area contributed by atoms with Gasteiger partial charge in [0.25, 0.3) is 0 Å². The molecule has 0 amide bonds. The van der Waals surface area contributed by atoms with Gasteiger partial charge in [-0.25, -0.2) is 0 Å². The van der Waals surface area contributed by atoms with E-state index < -0.39 is 28.5 Å². The third-order valence-electron chi connectivity index (χ3n) is 0.641. The number of thioether (sulfide) groups is 2. The third-order valence-corrected chi connectivity index (χ3v) is 1.92. The first kappa shape index (κ1) is 13.0. The van der Waals surface area contributed by atoms with Crippen molar-refractivity contribution in [1.82, 2.24) is 0 Å². The Morgan fingerprint density at radius 1 is 0.923 bits per heavy atom. The van der Waals surface area contributed by atoms with Crippen LogP contribution < -0.4 is 0 Å². The Kier molecular flexibility index (Phi) is 5.05. The fourth-order valence-electron chi connectivity index (χ4n) is 0.307. The molecule has 0 saturated heterocycles. The number of halogens is 6. The molecule has 0 spiro atoms. The zero-order valence-corrected chi connectivity index (χ0v) is 7.58. The molecule has 0 atom stereocenters. The van der Waals surface area contributed by atoms with Crippen LogP contribution in [-0.2, 0) is 0 Å². The van der Waals surface area contributed by atoms with E-state index in [1.165, 1.54) is 0 Å². The quantitative estimate of drug-likeness (QED) is 0.686. The van der Waals surface area contributed by atoms with Gasteiger partial charge in [-0.1, -0.05) is 6.08 Å². The molecule has 0 N–H and O–H groups in total. The lowest BCUT2D eigenvalue weighted by atomic mass is 10.8. The van der Waals surface area contributed by atoms with Gasteiger partial charge in [0.2, 0.25) is 0 Å². The molecule has 0 bridgehead atoms. The molecule has 8 heteroatoms. The van der Waals surface area contributed by atoms with Gasteiger partial charge in [0.1, 0.15) is 0 Å². The maximum atomic E-state index is 11.4. The molecule has 0 unspecified atom stereocenters. The minimum absolute atomic E-state index is 0.383. The van der Waals surface area contributed by atoms with Crippen LogP contribution >= 0.6 is 23.5 Å². The molecule has 0 radical (unpaired) electrons. The van der Waals surface area contributed by atoms with Crippen molar-refractivity contribution in [1.29, 1.82) is 0 Å². The molecular formula is C5H4F6S2. The van der Waals surface area contributed by atoms with Crippen molar-refractivity contribution in [3.8, 4) is 0 Å². The Hall–Kier alpha value is 0.0200. The van der Waals surface area contributed by atoms with Gasteiger partial charge in [-0.3, -0.25) is 0 Å². The van der Waals surface area contributed by atoms with Crippen LogP contribution in [0.1, 0.15) is 0 Å². The summed E-state index contributed by atoms with van der Waals surface area (Å²) in [6, 6.07) is 0. The smallest absolute Gasteiger partial charge is 0.160 e. The monoisotopic (exact) mass is 242 g/mol. The van der Waals surface area contributed by atoms with Gasteiger partial charge in [0, 0.05) is 5.75 Å². The molecule has 0 saturated carbocycles. The molecule has 13 heavy (non-hydrogen) atoms. The van der Waals surface area contributed by atoms with Crippen LogP contribution in [0, 0.1) is 0 Å². The second-order valence-electron chi connectivity index (χ2n) is 1.69. The average Bonchev–Trinajstić information content (AvgIpc) is 1.81. The first-order valence-electron chi connectivity index (χ1n) is 2.81. The van der Waals surface area contributed by atoms with Crippen LogP contribution in [0.25, 0.3) is 0 Å². The third kappa shape index (κ3) is 12.0. The molecule has 0 heterocycles. The zero-order chi connectivity index (χ0) is 10.5. The summed E-state index contributed by atoms with van der Waals surface area (Å²) in [4.78, 5) is 0. The fraction of sp³-hybridized carbons (Fsp3) is 0.600. The lowest BCUT2D eigenvalue weighted by Crippen LogP contribution is -2.00. The summed E-state index contributed by atoms with van der Waals surface area (Å²) in [6.45, 7) is 0. The number of hydrogen-bond acceptors (Lipinski definition) is 2. The van der Waals surface area contributed by atoms with Gasteiger partial charge in [-0.05, 0) is 28.9 Å². The topological polar surface area (TPSA) is 0 Å². The van der Waals surface area contributed by atoms with Crippen LogP contribution in [0.2, 0.25) is 0 Å². The molecule has 0 fully saturated rings. The molecule has 0 aliphatic heterocycles. The highest BCUT2D eigenvalue weighted by Gasteiger charge is 2.28. The van der Waals surface area contributed by atoms with Crippen LogP contribution in [0.5, 0.6) is 0 Å². The van der Waals surface area contributed by atoms with Gasteiger partial charge < -0.3 is 0 Å². The van der Waals surface area contributed by atoms with Gasteiger partial charge in [-0.15, -0.1) is 0 Å². The number of rotatable bonds is 3. The summed E-state index contributed by atoms with van der Waals surface area (Å²) in [5.74, 6) is -0.507. The molecule has 0 aliphatic carbocycles. The van der Waals surface area contributed by atoms with Gasteiger partial charge >= 0.3 is 11.0 Å². The Balaban J connectivity index is 3.55. The highest BCUT2D eigenvalue weighted by Crippen LogP contribution is 2.32. The first-order chi connectivity index (χ1) is 5.71. The summed E-state index contributed by atoms with van der Waals surface area (Å²) >= 11 is -0.860. The minimum Gasteiger partial charge on any atom is -0.160 e. The van der Waals surface area contributed by atoms with Crippen molar-refractivity contribution in [2.24, 2.45) is 0 Å². The minimum atomic E-state index is -4.43. The fourth-order valence-corrected chi connectivity index (χ4v) is 1.16. The predicted molar refractivity (Wildman–Crippen MR) is 41.3 cm³/mol. The Labute approximate surface area is 78.7 Å². The molecule has 0 aliphatic rings. The van der Waals surface area contributed by atoms with E-state index in [0.29, 0.717) is 5.41 Å². The maximum Gasteiger partial charge on any atom is 0.445 e. The Morgan fingerprint density at radius 2 is 1.46 bits per heavy atom. The van der Waals surface area contributed by atoms with Crippen molar-refractivity contribution in [3.05, 3.63) is 11.5 Å². The first-order valence-corrected chi connectivity index (χ1v) is 4.67. The van der Waals surface area contributed by atoms with E-state index in [0.717, 1.165) is 6.08 Å². The molecule has 0 nitrogen and oxygen atoms in total. The van der Waals surface area contributed by atoms with Crippen molar-refractivity contribution < 1.29 is 26.3 Å². The molecule has 0 aromatic heterocycles. The largest absolute Gasteiger partial charge is 0.445 e. The summed E-state index contributed by atoms with van der Waals surface area (Å²) in [5.41, 5.74) is -8.83. The summed E-state index contributed by atoms with van der Waals surface area (Å²) in [6.07, 6.45) is 0.816. The van der Waals surface area contributed by atoms with E-state index in [-0.39, 0.29) is 11.8 Å². The Morgan fingerprint density at radius 3 is 1.85 bits per heavy atom. The van der Waals surface area contributed by atoms with Crippen LogP contribution in [0.15, 0.2) is 11.5 Å². The molecule has 0 aromatic rings. The molecule has 78 valence electrons. The van der Waals surface area contributed by atoms with Crippen LogP contribution in [0.3, 0.4) is 0 Å². The maximum absolute atomic E-state index is 11.4. The second kappa shape index (κ2) is 5.04. The zero-order valence-electron chi connectivity index (χ0n) is 5.95. The van der Waals surface area contributed by atoms with Crippen molar-refractivity contribution in [2.75, 3.05) is 5.75 Å². The molecule has 0 rings (SSSR count). The average molecular weight is 242 g/mol. The van der Waals surface area contributed by atoms with E-state index in [9.17, 15) is 26.3 Å². The van der Waals surface area contributed by atoms with Crippen molar-refractivity contribution in [2.45, 2.75) is 11.0 Å². The van der Waals surface area contributed by atoms with Crippen LogP contribution in [-0.4, -0.2) is 16.8 Å². The normalized spacial score (nSPS) is 14.0. The molecule has 0 aromatic carbocycles. The summed E-state index contributed by atoms with van der Waals surface area (Å²) in [7, 11) is 0. The predicted octanol–water partition coefficient (Wildman–Crippen LogP) is 4.01. The second-order valence-corrected chi connectivity index (χ2v) is 3.75. The van der Waals surface area contributed by atoms with Crippen LogP contribution in [0.4, 0.5) is 26.3 Å². The van der Waals surface area contributed by atoms with E-state index in [2.05, 4.69) is 0 Å². The van der Waals surface area contributed by atoms with Gasteiger partial charge in [0.15, 0.2) is 0 Å². The summed E-state index contributed by atoms with van der Waals surface area (Å²) < 4.78 is 68.4. The standard InChI is InChI=1S/C5H4F6S2/c6-4(7,8)12-2-1-3-13-5(9,10)11/h1-2H,3H2. The van der Waals surface area contributed by atoms with E-state index in [1.807, 2.05) is 0 Å². The lowest BCUT2D eigenvalue weighted by Gasteiger charge is -2.02. The molecular weight excluding hydrogens is 238 g/mol. The van der Waals surface area contributed by atoms with Crippen molar-refractivity contribution in [3.63, 3.8) is 0 Å². The lowest BCUT2D eigenvalue weighted by molar-refractivity contribution is -0.0331. The van der Waals surface area contributed by atoms with E-state index in [1.54, 1.807) is 0 Å². The van der Waals surface area contributed by atoms with Gasteiger partial charge in [-0.2, -0.15) is 26.3 Å². The van der Waals surface area contributed by atoms with E-state index >= 15 is 0 Å². The van der Waals surface area contributed by atoms with Gasteiger partial charge in [0.05, 0.1) is 0 Å². The van der Waals surface area contributed by atoms with Crippen molar-refractivity contribution >= 4 is 23.5 Å². The summed E-state index contributed by atoms with van der Waals surface area (Å²) in [5, 5.41) is 0.596. The number of hydrogen-bond donors (Lipinski definition) is 0. The number of alkyl halides is 6. The SMILES string of the molecule is FC(F)(F)SC=CCSC(F)(F)F.